The minimum atomic E-state index is -0.213. The lowest BCUT2D eigenvalue weighted by atomic mass is 10.0. The molecule has 0 spiro atoms. The van der Waals surface area contributed by atoms with Crippen LogP contribution >= 0.6 is 11.3 Å². The van der Waals surface area contributed by atoms with Gasteiger partial charge in [-0.25, -0.2) is 4.39 Å². The summed E-state index contributed by atoms with van der Waals surface area (Å²) in [5.41, 5.74) is 0.702. The highest BCUT2D eigenvalue weighted by Crippen LogP contribution is 2.26. The average molecular weight is 293 g/mol. The van der Waals surface area contributed by atoms with Gasteiger partial charge in [-0.1, -0.05) is 19.1 Å². The largest absolute Gasteiger partial charge is 0.497 e. The zero-order valence-electron chi connectivity index (χ0n) is 11.9. The quantitative estimate of drug-likeness (QED) is 0.827. The first kappa shape index (κ1) is 15.0. The maximum Gasteiger partial charge on any atom is 0.131 e. The summed E-state index contributed by atoms with van der Waals surface area (Å²) in [7, 11) is 1.55. The first-order chi connectivity index (χ1) is 9.74. The molecule has 1 aromatic heterocycles. The predicted octanol–water partition coefficient (Wildman–Crippen LogP) is 4.18. The van der Waals surface area contributed by atoms with Crippen molar-refractivity contribution in [3.8, 4) is 5.75 Å². The van der Waals surface area contributed by atoms with Crippen LogP contribution in [0, 0.1) is 5.82 Å². The van der Waals surface area contributed by atoms with E-state index in [4.69, 9.17) is 4.74 Å². The fourth-order valence-electron chi connectivity index (χ4n) is 2.16. The van der Waals surface area contributed by atoms with Gasteiger partial charge >= 0.3 is 0 Å². The second-order valence-corrected chi connectivity index (χ2v) is 5.71. The fourth-order valence-corrected chi connectivity index (χ4v) is 2.91. The molecule has 0 aliphatic carbocycles. The number of methoxy groups -OCH3 is 1. The Labute approximate surface area is 123 Å². The molecule has 2 nitrogen and oxygen atoms in total. The number of benzene rings is 1. The van der Waals surface area contributed by atoms with Gasteiger partial charge in [-0.2, -0.15) is 0 Å². The van der Waals surface area contributed by atoms with Gasteiger partial charge in [0.15, 0.2) is 0 Å². The van der Waals surface area contributed by atoms with Crippen LogP contribution in [0.25, 0.3) is 0 Å². The van der Waals surface area contributed by atoms with Crippen LogP contribution in [0.4, 0.5) is 4.39 Å². The molecule has 0 radical (unpaired) electrons. The Balaban J connectivity index is 2.21. The van der Waals surface area contributed by atoms with Crippen LogP contribution in [0.1, 0.15) is 29.8 Å². The Kier molecular flexibility index (Phi) is 5.56. The van der Waals surface area contributed by atoms with Crippen LogP contribution in [0.15, 0.2) is 35.7 Å². The van der Waals surface area contributed by atoms with Crippen molar-refractivity contribution in [2.45, 2.75) is 25.8 Å². The van der Waals surface area contributed by atoms with Crippen molar-refractivity contribution in [3.05, 3.63) is 52.0 Å². The lowest BCUT2D eigenvalue weighted by Gasteiger charge is -2.19. The van der Waals surface area contributed by atoms with Crippen molar-refractivity contribution in [2.75, 3.05) is 13.7 Å². The minimum Gasteiger partial charge on any atom is -0.497 e. The highest BCUT2D eigenvalue weighted by Gasteiger charge is 2.16. The van der Waals surface area contributed by atoms with Gasteiger partial charge in [0.2, 0.25) is 0 Å². The standard InChI is InChI=1S/C16H20FNOS/c1-3-8-18-16(11-13-5-4-9-20-13)14-7-6-12(19-2)10-15(14)17/h4-7,9-10,16,18H,3,8,11H2,1-2H3. The van der Waals surface area contributed by atoms with Crippen LogP contribution in [0.2, 0.25) is 0 Å². The van der Waals surface area contributed by atoms with Crippen molar-refractivity contribution in [1.82, 2.24) is 5.32 Å². The molecule has 0 amide bonds. The Morgan fingerprint density at radius 3 is 2.80 bits per heavy atom. The van der Waals surface area contributed by atoms with Crippen molar-refractivity contribution >= 4 is 11.3 Å². The van der Waals surface area contributed by atoms with Crippen LogP contribution in [-0.4, -0.2) is 13.7 Å². The second kappa shape index (κ2) is 7.41. The van der Waals surface area contributed by atoms with E-state index in [1.807, 2.05) is 18.2 Å². The molecule has 20 heavy (non-hydrogen) atoms. The Morgan fingerprint density at radius 1 is 1.35 bits per heavy atom. The molecule has 0 aliphatic heterocycles. The number of halogens is 1. The summed E-state index contributed by atoms with van der Waals surface area (Å²) in [5.74, 6) is 0.339. The molecule has 0 fully saturated rings. The molecule has 0 saturated heterocycles. The summed E-state index contributed by atoms with van der Waals surface area (Å²) in [5, 5.41) is 5.48. The first-order valence-electron chi connectivity index (χ1n) is 6.83. The molecule has 1 unspecified atom stereocenters. The van der Waals surface area contributed by atoms with E-state index < -0.39 is 0 Å². The summed E-state index contributed by atoms with van der Waals surface area (Å²) < 4.78 is 19.3. The zero-order valence-corrected chi connectivity index (χ0v) is 12.7. The molecular formula is C16H20FNOS. The fraction of sp³-hybridized carbons (Fsp3) is 0.375. The minimum absolute atomic E-state index is 0.000457. The molecule has 1 atom stereocenters. The summed E-state index contributed by atoms with van der Waals surface area (Å²) in [4.78, 5) is 1.26. The molecule has 1 N–H and O–H groups in total. The highest BCUT2D eigenvalue weighted by molar-refractivity contribution is 7.09. The lowest BCUT2D eigenvalue weighted by Crippen LogP contribution is -2.24. The number of hydrogen-bond acceptors (Lipinski definition) is 3. The van der Waals surface area contributed by atoms with E-state index in [0.29, 0.717) is 11.3 Å². The summed E-state index contributed by atoms with van der Waals surface area (Å²) in [6.07, 6.45) is 1.83. The van der Waals surface area contributed by atoms with Gasteiger partial charge in [-0.3, -0.25) is 0 Å². The van der Waals surface area contributed by atoms with Gasteiger partial charge in [0, 0.05) is 29.0 Å². The molecule has 1 heterocycles. The highest BCUT2D eigenvalue weighted by atomic mass is 32.1. The van der Waals surface area contributed by atoms with Gasteiger partial charge in [0.25, 0.3) is 0 Å². The molecule has 0 saturated carbocycles. The molecular weight excluding hydrogens is 273 g/mol. The summed E-state index contributed by atoms with van der Waals surface area (Å²) in [6, 6.07) is 9.19. The Morgan fingerprint density at radius 2 is 2.20 bits per heavy atom. The maximum absolute atomic E-state index is 14.2. The van der Waals surface area contributed by atoms with Crippen molar-refractivity contribution in [3.63, 3.8) is 0 Å². The topological polar surface area (TPSA) is 21.3 Å². The monoisotopic (exact) mass is 293 g/mol. The molecule has 0 aliphatic rings. The summed E-state index contributed by atoms with van der Waals surface area (Å²) >= 11 is 1.71. The maximum atomic E-state index is 14.2. The van der Waals surface area contributed by atoms with E-state index in [9.17, 15) is 4.39 Å². The number of hydrogen-bond donors (Lipinski definition) is 1. The van der Waals surface area contributed by atoms with Crippen molar-refractivity contribution in [1.29, 1.82) is 0 Å². The molecule has 1 aromatic carbocycles. The Bertz CT molecular complexity index is 527. The van der Waals surface area contributed by atoms with E-state index in [1.165, 1.54) is 10.9 Å². The third kappa shape index (κ3) is 3.81. The first-order valence-corrected chi connectivity index (χ1v) is 7.71. The van der Waals surface area contributed by atoms with Gasteiger partial charge < -0.3 is 10.1 Å². The second-order valence-electron chi connectivity index (χ2n) is 4.68. The number of ether oxygens (including phenoxy) is 1. The van der Waals surface area contributed by atoms with Crippen LogP contribution in [0.3, 0.4) is 0 Å². The summed E-state index contributed by atoms with van der Waals surface area (Å²) in [6.45, 7) is 2.99. The Hall–Kier alpha value is -1.39. The van der Waals surface area contributed by atoms with Crippen molar-refractivity contribution < 1.29 is 9.13 Å². The zero-order chi connectivity index (χ0) is 14.4. The average Bonchev–Trinajstić information content (AvgIpc) is 2.96. The molecule has 4 heteroatoms. The number of nitrogens with one attached hydrogen (secondary N) is 1. The van der Waals surface area contributed by atoms with E-state index >= 15 is 0 Å². The van der Waals surface area contributed by atoms with Crippen LogP contribution in [0.5, 0.6) is 5.75 Å². The van der Waals surface area contributed by atoms with Gasteiger partial charge in [-0.05, 0) is 30.5 Å². The lowest BCUT2D eigenvalue weighted by molar-refractivity contribution is 0.409. The number of thiophene rings is 1. The third-order valence-corrected chi connectivity index (χ3v) is 4.11. The van der Waals surface area contributed by atoms with Gasteiger partial charge in [-0.15, -0.1) is 11.3 Å². The number of rotatable bonds is 7. The smallest absolute Gasteiger partial charge is 0.131 e. The van der Waals surface area contributed by atoms with Crippen LogP contribution < -0.4 is 10.1 Å². The van der Waals surface area contributed by atoms with E-state index in [2.05, 4.69) is 23.7 Å². The normalized spacial score (nSPS) is 12.3. The SMILES string of the molecule is CCCNC(Cc1cccs1)c1ccc(OC)cc1F. The molecule has 2 aromatic rings. The predicted molar refractivity (Wildman–Crippen MR) is 82.0 cm³/mol. The molecule has 0 bridgehead atoms. The molecule has 108 valence electrons. The molecule has 2 rings (SSSR count). The van der Waals surface area contributed by atoms with Gasteiger partial charge in [0.1, 0.15) is 11.6 Å². The van der Waals surface area contributed by atoms with E-state index in [0.717, 1.165) is 19.4 Å². The van der Waals surface area contributed by atoms with E-state index in [1.54, 1.807) is 18.4 Å². The van der Waals surface area contributed by atoms with Crippen molar-refractivity contribution in [2.24, 2.45) is 0 Å². The van der Waals surface area contributed by atoms with Gasteiger partial charge in [0.05, 0.1) is 7.11 Å². The van der Waals surface area contributed by atoms with E-state index in [-0.39, 0.29) is 11.9 Å². The van der Waals surface area contributed by atoms with Crippen LogP contribution in [-0.2, 0) is 6.42 Å². The third-order valence-electron chi connectivity index (χ3n) is 3.21.